The van der Waals surface area contributed by atoms with Crippen molar-refractivity contribution in [2.45, 2.75) is 12.6 Å². The molecule has 3 nitrogen and oxygen atoms in total. The van der Waals surface area contributed by atoms with E-state index in [4.69, 9.17) is 0 Å². The second-order valence-corrected chi connectivity index (χ2v) is 3.88. The van der Waals surface area contributed by atoms with Crippen molar-refractivity contribution in [3.8, 4) is 0 Å². The van der Waals surface area contributed by atoms with Crippen LogP contribution in [0.3, 0.4) is 0 Å². The van der Waals surface area contributed by atoms with Gasteiger partial charge in [0.05, 0.1) is 17.7 Å². The highest BCUT2D eigenvalue weighted by Crippen LogP contribution is 2.29. The third kappa shape index (κ3) is 3.37. The van der Waals surface area contributed by atoms with Crippen molar-refractivity contribution in [3.05, 3.63) is 59.7 Å². The molecule has 0 fully saturated rings. The van der Waals surface area contributed by atoms with E-state index in [9.17, 15) is 18.0 Å². The number of carbonyl (C=O) groups is 1. The highest BCUT2D eigenvalue weighted by molar-refractivity contribution is 5.97. The van der Waals surface area contributed by atoms with Crippen LogP contribution in [0.2, 0.25) is 0 Å². The topological polar surface area (TPSA) is 42.9 Å². The molecule has 0 saturated carbocycles. The van der Waals surface area contributed by atoms with Crippen LogP contribution in [0.25, 0.3) is 0 Å². The summed E-state index contributed by atoms with van der Waals surface area (Å²) in [4.78, 5) is 19.4. The van der Waals surface area contributed by atoms with Gasteiger partial charge in [0.25, 0.3) is 0 Å². The number of aromatic nitrogens is 2. The number of halogens is 3. The molecule has 1 aromatic heterocycles. The van der Waals surface area contributed by atoms with Crippen molar-refractivity contribution in [1.82, 2.24) is 9.97 Å². The normalized spacial score (nSPS) is 11.3. The third-order valence-electron chi connectivity index (χ3n) is 2.50. The Kier molecular flexibility index (Phi) is 3.59. The van der Waals surface area contributed by atoms with Crippen molar-refractivity contribution >= 4 is 5.78 Å². The monoisotopic (exact) mass is 266 g/mol. The lowest BCUT2D eigenvalue weighted by molar-refractivity contribution is -0.137. The summed E-state index contributed by atoms with van der Waals surface area (Å²) in [5.41, 5.74) is -0.341. The fraction of sp³-hybridized carbons (Fsp3) is 0.154. The van der Waals surface area contributed by atoms with Gasteiger partial charge in [0, 0.05) is 11.8 Å². The van der Waals surface area contributed by atoms with Crippen molar-refractivity contribution < 1.29 is 18.0 Å². The minimum Gasteiger partial charge on any atom is -0.294 e. The van der Waals surface area contributed by atoms with Crippen molar-refractivity contribution in [2.24, 2.45) is 0 Å². The second-order valence-electron chi connectivity index (χ2n) is 3.88. The van der Waals surface area contributed by atoms with Crippen LogP contribution in [-0.4, -0.2) is 15.8 Å². The molecule has 0 N–H and O–H groups in total. The van der Waals surface area contributed by atoms with E-state index in [0.717, 1.165) is 12.1 Å². The zero-order valence-electron chi connectivity index (χ0n) is 9.69. The number of Topliss-reactive ketones (excluding diaryl/α,β-unsaturated/α-hetero) is 1. The van der Waals surface area contributed by atoms with Crippen LogP contribution in [0.1, 0.15) is 21.6 Å². The predicted octanol–water partition coefficient (Wildman–Crippen LogP) is 2.92. The molecule has 2 rings (SSSR count). The zero-order valence-corrected chi connectivity index (χ0v) is 9.69. The standard InChI is InChI=1S/C13H9F3N2O/c14-13(15,16)10-3-1-2-9(6-10)12(19)7-11-4-5-17-8-18-11/h1-6,8H,7H2. The Morgan fingerprint density at radius 2 is 2.00 bits per heavy atom. The van der Waals surface area contributed by atoms with Gasteiger partial charge in [-0.1, -0.05) is 12.1 Å². The van der Waals surface area contributed by atoms with Crippen LogP contribution in [0.5, 0.6) is 0 Å². The first-order chi connectivity index (χ1) is 8.97. The molecule has 0 aliphatic heterocycles. The predicted molar refractivity (Wildman–Crippen MR) is 61.5 cm³/mol. The minimum atomic E-state index is -4.45. The number of benzene rings is 1. The second kappa shape index (κ2) is 5.17. The molecule has 0 unspecified atom stereocenters. The van der Waals surface area contributed by atoms with E-state index in [2.05, 4.69) is 9.97 Å². The van der Waals surface area contributed by atoms with Crippen LogP contribution in [-0.2, 0) is 12.6 Å². The summed E-state index contributed by atoms with van der Waals surface area (Å²) in [6.07, 6.45) is -1.74. The number of rotatable bonds is 3. The van der Waals surface area contributed by atoms with E-state index in [0.29, 0.717) is 5.69 Å². The number of nitrogens with zero attached hydrogens (tertiary/aromatic N) is 2. The summed E-state index contributed by atoms with van der Waals surface area (Å²) in [6, 6.07) is 5.91. The fourth-order valence-electron chi connectivity index (χ4n) is 1.56. The van der Waals surface area contributed by atoms with Gasteiger partial charge in [-0.25, -0.2) is 9.97 Å². The van der Waals surface area contributed by atoms with Crippen molar-refractivity contribution in [3.63, 3.8) is 0 Å². The first kappa shape index (κ1) is 13.2. The van der Waals surface area contributed by atoms with Crippen LogP contribution in [0.15, 0.2) is 42.9 Å². The van der Waals surface area contributed by atoms with Gasteiger partial charge >= 0.3 is 6.18 Å². The summed E-state index contributed by atoms with van der Waals surface area (Å²) < 4.78 is 37.6. The largest absolute Gasteiger partial charge is 0.416 e. The molecule has 0 bridgehead atoms. The number of alkyl halides is 3. The fourth-order valence-corrected chi connectivity index (χ4v) is 1.56. The molecule has 0 aliphatic carbocycles. The molecule has 0 aliphatic rings. The molecular formula is C13H9F3N2O. The summed E-state index contributed by atoms with van der Waals surface area (Å²) in [5, 5.41) is 0. The minimum absolute atomic E-state index is 0.0217. The molecule has 0 amide bonds. The lowest BCUT2D eigenvalue weighted by atomic mass is 10.0. The first-order valence-electron chi connectivity index (χ1n) is 5.42. The van der Waals surface area contributed by atoms with Crippen molar-refractivity contribution in [1.29, 1.82) is 0 Å². The van der Waals surface area contributed by atoms with E-state index >= 15 is 0 Å². The summed E-state index contributed by atoms with van der Waals surface area (Å²) in [6.45, 7) is 0. The van der Waals surface area contributed by atoms with E-state index in [-0.39, 0.29) is 12.0 Å². The number of carbonyl (C=O) groups excluding carboxylic acids is 1. The van der Waals surface area contributed by atoms with Gasteiger partial charge < -0.3 is 0 Å². The Labute approximate surface area is 107 Å². The highest BCUT2D eigenvalue weighted by atomic mass is 19.4. The van der Waals surface area contributed by atoms with Crippen molar-refractivity contribution in [2.75, 3.05) is 0 Å². The Bertz CT molecular complexity index is 582. The van der Waals surface area contributed by atoms with Gasteiger partial charge in [-0.05, 0) is 18.2 Å². The smallest absolute Gasteiger partial charge is 0.294 e. The lowest BCUT2D eigenvalue weighted by Gasteiger charge is -2.08. The number of hydrogen-bond donors (Lipinski definition) is 0. The summed E-state index contributed by atoms with van der Waals surface area (Å²) in [5.74, 6) is -0.412. The maximum Gasteiger partial charge on any atom is 0.416 e. The Hall–Kier alpha value is -2.24. The van der Waals surface area contributed by atoms with Gasteiger partial charge in [0.2, 0.25) is 0 Å². The van der Waals surface area contributed by atoms with Gasteiger partial charge in [-0.2, -0.15) is 13.2 Å². The molecule has 19 heavy (non-hydrogen) atoms. The van der Waals surface area contributed by atoms with Gasteiger partial charge in [0.15, 0.2) is 5.78 Å². The Morgan fingerprint density at radius 3 is 2.63 bits per heavy atom. The SMILES string of the molecule is O=C(Cc1ccncn1)c1cccc(C(F)(F)F)c1. The van der Waals surface area contributed by atoms with Gasteiger partial charge in [-0.15, -0.1) is 0 Å². The average molecular weight is 266 g/mol. The first-order valence-corrected chi connectivity index (χ1v) is 5.42. The van der Waals surface area contributed by atoms with E-state index in [1.54, 1.807) is 6.07 Å². The molecule has 0 saturated heterocycles. The molecule has 0 spiro atoms. The molecule has 1 heterocycles. The van der Waals surface area contributed by atoms with Crippen LogP contribution >= 0.6 is 0 Å². The quantitative estimate of drug-likeness (QED) is 0.802. The lowest BCUT2D eigenvalue weighted by Crippen LogP contribution is -2.09. The Morgan fingerprint density at radius 1 is 1.21 bits per heavy atom. The van der Waals surface area contributed by atoms with E-state index in [1.807, 2.05) is 0 Å². The van der Waals surface area contributed by atoms with E-state index < -0.39 is 17.5 Å². The molecule has 0 radical (unpaired) electrons. The molecule has 98 valence electrons. The molecule has 6 heteroatoms. The maximum absolute atomic E-state index is 12.5. The van der Waals surface area contributed by atoms with Crippen LogP contribution in [0, 0.1) is 0 Å². The van der Waals surface area contributed by atoms with E-state index in [1.165, 1.54) is 24.7 Å². The zero-order chi connectivity index (χ0) is 13.9. The summed E-state index contributed by atoms with van der Waals surface area (Å²) >= 11 is 0. The van der Waals surface area contributed by atoms with Gasteiger partial charge in [0.1, 0.15) is 6.33 Å². The maximum atomic E-state index is 12.5. The average Bonchev–Trinajstić information content (AvgIpc) is 2.39. The number of ketones is 1. The summed E-state index contributed by atoms with van der Waals surface area (Å²) in [7, 11) is 0. The third-order valence-corrected chi connectivity index (χ3v) is 2.50. The van der Waals surface area contributed by atoms with Gasteiger partial charge in [-0.3, -0.25) is 4.79 Å². The molecule has 0 atom stereocenters. The van der Waals surface area contributed by atoms with Crippen LogP contribution in [0.4, 0.5) is 13.2 Å². The highest BCUT2D eigenvalue weighted by Gasteiger charge is 2.30. The molecule has 1 aromatic carbocycles. The molecular weight excluding hydrogens is 257 g/mol. The van der Waals surface area contributed by atoms with Crippen LogP contribution < -0.4 is 0 Å². The Balaban J connectivity index is 2.20. The molecule has 2 aromatic rings. The number of hydrogen-bond acceptors (Lipinski definition) is 3.